The van der Waals surface area contributed by atoms with Crippen LogP contribution in [0, 0.1) is 13.8 Å². The highest BCUT2D eigenvalue weighted by Crippen LogP contribution is 2.24. The second-order valence-electron chi connectivity index (χ2n) is 6.43. The Hall–Kier alpha value is -2.47. The molecule has 0 aromatic heterocycles. The van der Waals surface area contributed by atoms with Crippen molar-refractivity contribution in [3.63, 3.8) is 0 Å². The molecule has 0 aliphatic carbocycles. The largest absolute Gasteiger partial charge is 0.326 e. The molecule has 3 amide bonds. The number of carbonyl (C=O) groups is 2. The molecule has 0 radical (unpaired) electrons. The van der Waals surface area contributed by atoms with Crippen molar-refractivity contribution in [1.82, 2.24) is 5.32 Å². The molecular weight excluding hydrogens is 346 g/mol. The summed E-state index contributed by atoms with van der Waals surface area (Å²) in [5.74, 6) is -0.0684. The molecule has 1 saturated heterocycles. The van der Waals surface area contributed by atoms with Gasteiger partial charge in [0.15, 0.2) is 0 Å². The van der Waals surface area contributed by atoms with Crippen LogP contribution in [0.4, 0.5) is 16.2 Å². The topological polar surface area (TPSA) is 61.4 Å². The van der Waals surface area contributed by atoms with Crippen LogP contribution in [-0.2, 0) is 4.79 Å². The lowest BCUT2D eigenvalue weighted by Crippen LogP contribution is -2.43. The van der Waals surface area contributed by atoms with Gasteiger partial charge in [0.1, 0.15) is 6.04 Å². The number of hydrogen-bond donors (Lipinski definition) is 2. The fourth-order valence-corrected chi connectivity index (χ4v) is 3.37. The van der Waals surface area contributed by atoms with Gasteiger partial charge in [-0.2, -0.15) is 0 Å². The van der Waals surface area contributed by atoms with Crippen LogP contribution in [-0.4, -0.2) is 30.8 Å². The van der Waals surface area contributed by atoms with Crippen molar-refractivity contribution < 1.29 is 9.59 Å². The highest BCUT2D eigenvalue weighted by Gasteiger charge is 2.33. The van der Waals surface area contributed by atoms with E-state index in [9.17, 15) is 9.59 Å². The van der Waals surface area contributed by atoms with Crippen LogP contribution in [0.3, 0.4) is 0 Å². The summed E-state index contributed by atoms with van der Waals surface area (Å²) >= 11 is 1.64. The predicted octanol–water partition coefficient (Wildman–Crippen LogP) is 3.95. The van der Waals surface area contributed by atoms with E-state index in [1.807, 2.05) is 62.6 Å². The first-order valence-electron chi connectivity index (χ1n) is 8.58. The molecule has 6 heteroatoms. The van der Waals surface area contributed by atoms with Crippen LogP contribution in [0.25, 0.3) is 0 Å². The zero-order valence-electron chi connectivity index (χ0n) is 15.2. The Morgan fingerprint density at radius 3 is 2.50 bits per heavy atom. The minimum atomic E-state index is -0.498. The predicted molar refractivity (Wildman–Crippen MR) is 107 cm³/mol. The van der Waals surface area contributed by atoms with Crippen molar-refractivity contribution in [2.24, 2.45) is 0 Å². The summed E-state index contributed by atoms with van der Waals surface area (Å²) in [6.07, 6.45) is 2.60. The quantitative estimate of drug-likeness (QED) is 0.802. The van der Waals surface area contributed by atoms with E-state index in [0.717, 1.165) is 16.1 Å². The number of benzene rings is 2. The Morgan fingerprint density at radius 2 is 1.85 bits per heavy atom. The summed E-state index contributed by atoms with van der Waals surface area (Å²) in [5, 5.41) is 5.57. The molecule has 0 saturated carbocycles. The number of amides is 3. The molecule has 0 spiro atoms. The Morgan fingerprint density at radius 1 is 1.12 bits per heavy atom. The van der Waals surface area contributed by atoms with E-state index in [1.165, 1.54) is 5.56 Å². The Balaban J connectivity index is 1.60. The van der Waals surface area contributed by atoms with Gasteiger partial charge < -0.3 is 15.5 Å². The smallest absolute Gasteiger partial charge is 0.319 e. The number of anilines is 2. The van der Waals surface area contributed by atoms with Crippen LogP contribution in [0.2, 0.25) is 0 Å². The molecule has 2 aromatic carbocycles. The molecule has 2 aromatic rings. The maximum Gasteiger partial charge on any atom is 0.319 e. The molecule has 1 atom stereocenters. The number of hydrogen-bond acceptors (Lipinski definition) is 3. The number of thioether (sulfide) groups is 1. The highest BCUT2D eigenvalue weighted by atomic mass is 32.2. The van der Waals surface area contributed by atoms with Crippen molar-refractivity contribution in [1.29, 1.82) is 0 Å². The van der Waals surface area contributed by atoms with Crippen LogP contribution in [0.1, 0.15) is 17.5 Å². The Kier molecular flexibility index (Phi) is 5.52. The van der Waals surface area contributed by atoms with Crippen molar-refractivity contribution in [2.45, 2.75) is 31.2 Å². The van der Waals surface area contributed by atoms with Gasteiger partial charge in [0, 0.05) is 22.8 Å². The van der Waals surface area contributed by atoms with E-state index >= 15 is 0 Å². The second kappa shape index (κ2) is 7.83. The average Bonchev–Trinajstić information content (AvgIpc) is 2.98. The third-order valence-electron chi connectivity index (χ3n) is 4.66. The first-order chi connectivity index (χ1) is 12.5. The zero-order chi connectivity index (χ0) is 18.7. The van der Waals surface area contributed by atoms with E-state index in [1.54, 1.807) is 16.7 Å². The maximum atomic E-state index is 12.7. The minimum absolute atomic E-state index is 0.0684. The van der Waals surface area contributed by atoms with E-state index < -0.39 is 6.04 Å². The van der Waals surface area contributed by atoms with Gasteiger partial charge in [-0.3, -0.25) is 4.79 Å². The van der Waals surface area contributed by atoms with Gasteiger partial charge in [0.2, 0.25) is 5.91 Å². The monoisotopic (exact) mass is 369 g/mol. The molecule has 0 bridgehead atoms. The standard InChI is InChI=1S/C20H23N3O2S/c1-13-4-7-16(12-14(13)2)23-11-10-18(19(23)24)22-20(25)21-15-5-8-17(26-3)9-6-15/h4-9,12,18H,10-11H2,1-3H3,(H2,21,22,25). The van der Waals surface area contributed by atoms with Gasteiger partial charge in [-0.1, -0.05) is 6.07 Å². The first-order valence-corrected chi connectivity index (χ1v) is 9.80. The molecule has 1 unspecified atom stereocenters. The summed E-state index contributed by atoms with van der Waals surface area (Å²) in [4.78, 5) is 27.7. The van der Waals surface area contributed by atoms with Gasteiger partial charge in [0.05, 0.1) is 0 Å². The summed E-state index contributed by atoms with van der Waals surface area (Å²) in [6.45, 7) is 4.69. The first kappa shape index (κ1) is 18.3. The second-order valence-corrected chi connectivity index (χ2v) is 7.31. The molecule has 2 N–H and O–H groups in total. The van der Waals surface area contributed by atoms with Gasteiger partial charge in [-0.15, -0.1) is 11.8 Å². The van der Waals surface area contributed by atoms with E-state index in [0.29, 0.717) is 18.7 Å². The molecule has 26 heavy (non-hydrogen) atoms. The van der Waals surface area contributed by atoms with Gasteiger partial charge in [-0.25, -0.2) is 4.79 Å². The zero-order valence-corrected chi connectivity index (χ0v) is 16.0. The summed E-state index contributed by atoms with van der Waals surface area (Å²) in [5.41, 5.74) is 3.94. The van der Waals surface area contributed by atoms with Crippen LogP contribution in [0.5, 0.6) is 0 Å². The lowest BCUT2D eigenvalue weighted by Gasteiger charge is -2.18. The molecule has 136 valence electrons. The Bertz CT molecular complexity index is 820. The van der Waals surface area contributed by atoms with Crippen LogP contribution < -0.4 is 15.5 Å². The lowest BCUT2D eigenvalue weighted by atomic mass is 10.1. The number of rotatable bonds is 4. The lowest BCUT2D eigenvalue weighted by molar-refractivity contribution is -0.118. The van der Waals surface area contributed by atoms with Crippen LogP contribution in [0.15, 0.2) is 47.4 Å². The molecule has 5 nitrogen and oxygen atoms in total. The fraction of sp³-hybridized carbons (Fsp3) is 0.300. The summed E-state index contributed by atoms with van der Waals surface area (Å²) in [6, 6.07) is 12.7. The van der Waals surface area contributed by atoms with E-state index in [2.05, 4.69) is 10.6 Å². The molecule has 1 aliphatic rings. The normalized spacial score (nSPS) is 16.7. The number of urea groups is 1. The number of aryl methyl sites for hydroxylation is 2. The van der Waals surface area contributed by atoms with Crippen molar-refractivity contribution in [2.75, 3.05) is 23.0 Å². The molecule has 1 aliphatic heterocycles. The Labute approximate surface area is 158 Å². The molecule has 3 rings (SSSR count). The van der Waals surface area contributed by atoms with Crippen LogP contribution >= 0.6 is 11.8 Å². The van der Waals surface area contributed by atoms with Crippen molar-refractivity contribution >= 4 is 35.1 Å². The van der Waals surface area contributed by atoms with Crippen molar-refractivity contribution in [3.8, 4) is 0 Å². The summed E-state index contributed by atoms with van der Waals surface area (Å²) in [7, 11) is 0. The maximum absolute atomic E-state index is 12.7. The minimum Gasteiger partial charge on any atom is -0.326 e. The van der Waals surface area contributed by atoms with Gasteiger partial charge >= 0.3 is 6.03 Å². The average molecular weight is 369 g/mol. The third-order valence-corrected chi connectivity index (χ3v) is 5.40. The third kappa shape index (κ3) is 4.02. The molecule has 1 heterocycles. The number of nitrogens with one attached hydrogen (secondary N) is 2. The SMILES string of the molecule is CSc1ccc(NC(=O)NC2CCN(c3ccc(C)c(C)c3)C2=O)cc1. The van der Waals surface area contributed by atoms with E-state index in [4.69, 9.17) is 0 Å². The van der Waals surface area contributed by atoms with Crippen molar-refractivity contribution in [3.05, 3.63) is 53.6 Å². The summed E-state index contributed by atoms with van der Waals surface area (Å²) < 4.78 is 0. The number of nitrogens with zero attached hydrogens (tertiary/aromatic N) is 1. The number of carbonyl (C=O) groups excluding carboxylic acids is 2. The van der Waals surface area contributed by atoms with Gasteiger partial charge in [0.25, 0.3) is 0 Å². The highest BCUT2D eigenvalue weighted by molar-refractivity contribution is 7.98. The van der Waals surface area contributed by atoms with Gasteiger partial charge in [-0.05, 0) is 74.0 Å². The molecular formula is C20H23N3O2S. The van der Waals surface area contributed by atoms with E-state index in [-0.39, 0.29) is 11.9 Å². The molecule has 1 fully saturated rings. The fourth-order valence-electron chi connectivity index (χ4n) is 2.96.